The summed E-state index contributed by atoms with van der Waals surface area (Å²) in [6.45, 7) is 4.38. The van der Waals surface area contributed by atoms with Crippen molar-refractivity contribution in [1.29, 1.82) is 0 Å². The van der Waals surface area contributed by atoms with Crippen LogP contribution in [0.4, 0.5) is 17.1 Å². The summed E-state index contributed by atoms with van der Waals surface area (Å²) in [6.07, 6.45) is 0. The van der Waals surface area contributed by atoms with Gasteiger partial charge in [-0.3, -0.25) is 4.79 Å². The lowest BCUT2D eigenvalue weighted by Crippen LogP contribution is -2.11. The number of aryl methyl sites for hydroxylation is 2. The third kappa shape index (κ3) is 3.72. The molecule has 0 saturated heterocycles. The third-order valence-electron chi connectivity index (χ3n) is 4.57. The van der Waals surface area contributed by atoms with Gasteiger partial charge in [0.05, 0.1) is 0 Å². The zero-order valence-electron chi connectivity index (χ0n) is 15.2. The Kier molecular flexibility index (Phi) is 4.42. The van der Waals surface area contributed by atoms with Gasteiger partial charge in [0.15, 0.2) is 11.5 Å². The van der Waals surface area contributed by atoms with Crippen LogP contribution < -0.4 is 20.1 Å². The van der Waals surface area contributed by atoms with Crippen LogP contribution in [0.1, 0.15) is 21.5 Å². The Hall–Kier alpha value is -3.47. The summed E-state index contributed by atoms with van der Waals surface area (Å²) in [7, 11) is 0. The Morgan fingerprint density at radius 2 is 1.48 bits per heavy atom. The number of hydrogen-bond acceptors (Lipinski definition) is 4. The average molecular weight is 360 g/mol. The Morgan fingerprint density at radius 3 is 2.26 bits per heavy atom. The van der Waals surface area contributed by atoms with Crippen LogP contribution in [0.25, 0.3) is 0 Å². The van der Waals surface area contributed by atoms with E-state index < -0.39 is 0 Å². The minimum absolute atomic E-state index is 0.190. The molecule has 4 rings (SSSR count). The van der Waals surface area contributed by atoms with Crippen LogP contribution >= 0.6 is 0 Å². The second kappa shape index (κ2) is 7.03. The number of fused-ring (bicyclic) bond motifs is 1. The molecule has 27 heavy (non-hydrogen) atoms. The standard InChI is InChI=1S/C22H20N2O3/c1-14-3-5-19(11-15(14)2)23-17-6-8-18(9-7-17)24-22(25)16-4-10-20-21(12-16)27-13-26-20/h3-12,23H,13H2,1-2H3,(H,24,25). The van der Waals surface area contributed by atoms with Gasteiger partial charge in [0.1, 0.15) is 0 Å². The van der Waals surface area contributed by atoms with Crippen molar-refractivity contribution in [2.75, 3.05) is 17.4 Å². The van der Waals surface area contributed by atoms with E-state index in [1.54, 1.807) is 18.2 Å². The highest BCUT2D eigenvalue weighted by Gasteiger charge is 2.16. The highest BCUT2D eigenvalue weighted by atomic mass is 16.7. The summed E-state index contributed by atoms with van der Waals surface area (Å²) in [5, 5.41) is 6.26. The van der Waals surface area contributed by atoms with E-state index in [0.29, 0.717) is 17.1 Å². The maximum absolute atomic E-state index is 12.4. The summed E-state index contributed by atoms with van der Waals surface area (Å²) < 4.78 is 10.6. The van der Waals surface area contributed by atoms with Crippen LogP contribution in [-0.4, -0.2) is 12.7 Å². The monoisotopic (exact) mass is 360 g/mol. The molecule has 1 heterocycles. The fourth-order valence-corrected chi connectivity index (χ4v) is 2.86. The fourth-order valence-electron chi connectivity index (χ4n) is 2.86. The number of anilines is 3. The van der Waals surface area contributed by atoms with Gasteiger partial charge in [-0.25, -0.2) is 0 Å². The van der Waals surface area contributed by atoms with Crippen molar-refractivity contribution in [2.24, 2.45) is 0 Å². The molecule has 1 aliphatic rings. The van der Waals surface area contributed by atoms with Gasteiger partial charge >= 0.3 is 0 Å². The molecule has 1 amide bonds. The number of benzene rings is 3. The van der Waals surface area contributed by atoms with E-state index in [4.69, 9.17) is 9.47 Å². The molecule has 3 aromatic carbocycles. The molecule has 2 N–H and O–H groups in total. The second-order valence-corrected chi connectivity index (χ2v) is 6.52. The van der Waals surface area contributed by atoms with Crippen molar-refractivity contribution < 1.29 is 14.3 Å². The molecule has 136 valence electrons. The summed E-state index contributed by atoms with van der Waals surface area (Å²) >= 11 is 0. The van der Waals surface area contributed by atoms with Crippen molar-refractivity contribution in [3.63, 3.8) is 0 Å². The van der Waals surface area contributed by atoms with E-state index in [0.717, 1.165) is 17.1 Å². The number of nitrogens with one attached hydrogen (secondary N) is 2. The van der Waals surface area contributed by atoms with Crippen molar-refractivity contribution >= 4 is 23.0 Å². The SMILES string of the molecule is Cc1ccc(Nc2ccc(NC(=O)c3ccc4c(c3)OCO4)cc2)cc1C. The number of hydrogen-bond donors (Lipinski definition) is 2. The van der Waals surface area contributed by atoms with Crippen LogP contribution in [0.2, 0.25) is 0 Å². The predicted molar refractivity (Wildman–Crippen MR) is 106 cm³/mol. The number of amides is 1. The van der Waals surface area contributed by atoms with Gasteiger partial charge in [0.25, 0.3) is 5.91 Å². The molecule has 0 bridgehead atoms. The maximum atomic E-state index is 12.4. The second-order valence-electron chi connectivity index (χ2n) is 6.52. The molecule has 0 saturated carbocycles. The number of ether oxygens (including phenoxy) is 2. The summed E-state index contributed by atoms with van der Waals surface area (Å²) in [6, 6.07) is 19.0. The van der Waals surface area contributed by atoms with Crippen molar-refractivity contribution in [2.45, 2.75) is 13.8 Å². The van der Waals surface area contributed by atoms with Crippen molar-refractivity contribution in [1.82, 2.24) is 0 Å². The number of carbonyl (C=O) groups excluding carboxylic acids is 1. The normalized spacial score (nSPS) is 11.9. The van der Waals surface area contributed by atoms with Gasteiger partial charge in [-0.1, -0.05) is 6.07 Å². The highest BCUT2D eigenvalue weighted by molar-refractivity contribution is 6.04. The molecule has 1 aliphatic heterocycles. The zero-order valence-corrected chi connectivity index (χ0v) is 15.2. The minimum atomic E-state index is -0.192. The molecular formula is C22H20N2O3. The lowest BCUT2D eigenvalue weighted by molar-refractivity contribution is 0.102. The van der Waals surface area contributed by atoms with Gasteiger partial charge in [-0.05, 0) is 79.6 Å². The Bertz CT molecular complexity index is 997. The molecule has 3 aromatic rings. The minimum Gasteiger partial charge on any atom is -0.454 e. The first-order valence-corrected chi connectivity index (χ1v) is 8.74. The Balaban J connectivity index is 1.43. The van der Waals surface area contributed by atoms with E-state index in [-0.39, 0.29) is 12.7 Å². The molecule has 5 nitrogen and oxygen atoms in total. The maximum Gasteiger partial charge on any atom is 0.255 e. The Morgan fingerprint density at radius 1 is 0.778 bits per heavy atom. The first kappa shape index (κ1) is 17.0. The molecule has 0 fully saturated rings. The lowest BCUT2D eigenvalue weighted by Gasteiger charge is -2.10. The van der Waals surface area contributed by atoms with Gasteiger partial charge in [0, 0.05) is 22.6 Å². The first-order chi connectivity index (χ1) is 13.1. The Labute approximate surface area is 157 Å². The molecule has 0 unspecified atom stereocenters. The molecule has 0 atom stereocenters. The predicted octanol–water partition coefficient (Wildman–Crippen LogP) is 5.03. The molecule has 0 radical (unpaired) electrons. The van der Waals surface area contributed by atoms with Crippen molar-refractivity contribution in [3.8, 4) is 11.5 Å². The average Bonchev–Trinajstić information content (AvgIpc) is 3.14. The fraction of sp³-hybridized carbons (Fsp3) is 0.136. The molecule has 0 aliphatic carbocycles. The largest absolute Gasteiger partial charge is 0.454 e. The lowest BCUT2D eigenvalue weighted by atomic mass is 10.1. The van der Waals surface area contributed by atoms with E-state index >= 15 is 0 Å². The zero-order chi connectivity index (χ0) is 18.8. The van der Waals surface area contributed by atoms with Gasteiger partial charge in [0.2, 0.25) is 6.79 Å². The number of rotatable bonds is 4. The molecule has 0 aromatic heterocycles. The van der Waals surface area contributed by atoms with E-state index in [2.05, 4.69) is 42.7 Å². The first-order valence-electron chi connectivity index (χ1n) is 8.74. The summed E-state index contributed by atoms with van der Waals surface area (Å²) in [5.74, 6) is 1.06. The van der Waals surface area contributed by atoms with Crippen LogP contribution in [0, 0.1) is 13.8 Å². The van der Waals surface area contributed by atoms with E-state index in [1.807, 2.05) is 24.3 Å². The van der Waals surface area contributed by atoms with Gasteiger partial charge in [-0.2, -0.15) is 0 Å². The smallest absolute Gasteiger partial charge is 0.255 e. The van der Waals surface area contributed by atoms with Crippen LogP contribution in [0.15, 0.2) is 60.7 Å². The van der Waals surface area contributed by atoms with Gasteiger partial charge < -0.3 is 20.1 Å². The van der Waals surface area contributed by atoms with E-state index in [9.17, 15) is 4.79 Å². The molecular weight excluding hydrogens is 340 g/mol. The van der Waals surface area contributed by atoms with Crippen LogP contribution in [-0.2, 0) is 0 Å². The third-order valence-corrected chi connectivity index (χ3v) is 4.57. The highest BCUT2D eigenvalue weighted by Crippen LogP contribution is 2.32. The molecule has 0 spiro atoms. The summed E-state index contributed by atoms with van der Waals surface area (Å²) in [5.41, 5.74) is 5.75. The quantitative estimate of drug-likeness (QED) is 0.685. The van der Waals surface area contributed by atoms with E-state index in [1.165, 1.54) is 11.1 Å². The van der Waals surface area contributed by atoms with Crippen LogP contribution in [0.3, 0.4) is 0 Å². The van der Waals surface area contributed by atoms with Crippen LogP contribution in [0.5, 0.6) is 11.5 Å². The number of carbonyl (C=O) groups is 1. The van der Waals surface area contributed by atoms with Gasteiger partial charge in [-0.15, -0.1) is 0 Å². The summed E-state index contributed by atoms with van der Waals surface area (Å²) in [4.78, 5) is 12.4. The molecule has 5 heteroatoms. The van der Waals surface area contributed by atoms with Crippen molar-refractivity contribution in [3.05, 3.63) is 77.4 Å². The topological polar surface area (TPSA) is 59.6 Å².